The van der Waals surface area contributed by atoms with Crippen molar-refractivity contribution >= 4 is 42.0 Å². The molecule has 0 saturated carbocycles. The molecule has 4 N–H and O–H groups in total. The Morgan fingerprint density at radius 3 is 1.66 bits per heavy atom. The van der Waals surface area contributed by atoms with Crippen LogP contribution in [0, 0.1) is 0 Å². The molecular formula is C42H69N5O12. The van der Waals surface area contributed by atoms with E-state index in [4.69, 9.17) is 23.7 Å². The van der Waals surface area contributed by atoms with E-state index < -0.39 is 76.5 Å². The maximum absolute atomic E-state index is 13.5. The zero-order valence-corrected chi connectivity index (χ0v) is 37.2. The molecule has 1 aromatic rings. The van der Waals surface area contributed by atoms with Gasteiger partial charge < -0.3 is 49.9 Å². The normalized spacial score (nSPS) is 12.4. The highest BCUT2D eigenvalue weighted by molar-refractivity contribution is 5.85. The van der Waals surface area contributed by atoms with Gasteiger partial charge in [-0.15, -0.1) is 0 Å². The molecule has 0 spiro atoms. The predicted octanol–water partition coefficient (Wildman–Crippen LogP) is 5.67. The molecule has 334 valence electrons. The Hall–Kier alpha value is -5.09. The average molecular weight is 836 g/mol. The Kier molecular flexibility index (Phi) is 21.2. The first-order valence-corrected chi connectivity index (χ1v) is 20.0. The van der Waals surface area contributed by atoms with E-state index in [-0.39, 0.29) is 58.5 Å². The zero-order valence-electron chi connectivity index (χ0n) is 37.2. The Labute approximate surface area is 349 Å². The van der Waals surface area contributed by atoms with Gasteiger partial charge >= 0.3 is 30.2 Å². The summed E-state index contributed by atoms with van der Waals surface area (Å²) in [6.07, 6.45) is -1.96. The SMILES string of the molecule is CC(C)(C)OC(=O)CC(CC(=O)OC(C)(C)C)N(CCC(=O)NCCNC(=O)C(CCCCNC(=O)OCc1ccccc1)NC(=O)OC(C)(C)C)C(=O)OC(C)(C)C. The highest BCUT2D eigenvalue weighted by atomic mass is 16.6. The second kappa shape index (κ2) is 24.1. The summed E-state index contributed by atoms with van der Waals surface area (Å²) < 4.78 is 27.1. The fourth-order valence-electron chi connectivity index (χ4n) is 5.17. The number of carbonyl (C=O) groups excluding carboxylic acids is 7. The van der Waals surface area contributed by atoms with Gasteiger partial charge in [0.05, 0.1) is 18.9 Å². The van der Waals surface area contributed by atoms with Gasteiger partial charge in [0.25, 0.3) is 0 Å². The highest BCUT2D eigenvalue weighted by Crippen LogP contribution is 2.21. The number of nitrogens with zero attached hydrogens (tertiary/aromatic N) is 1. The summed E-state index contributed by atoms with van der Waals surface area (Å²) in [5.74, 6) is -2.31. The van der Waals surface area contributed by atoms with Crippen molar-refractivity contribution in [2.24, 2.45) is 0 Å². The number of unbranched alkanes of at least 4 members (excludes halogenated alkanes) is 1. The lowest BCUT2D eigenvalue weighted by Crippen LogP contribution is -2.49. The number of ether oxygens (including phenoxy) is 5. The molecule has 0 aliphatic carbocycles. The largest absolute Gasteiger partial charge is 0.460 e. The van der Waals surface area contributed by atoms with Crippen molar-refractivity contribution in [3.8, 4) is 0 Å². The van der Waals surface area contributed by atoms with Crippen molar-refractivity contribution in [1.82, 2.24) is 26.2 Å². The molecule has 0 aliphatic rings. The van der Waals surface area contributed by atoms with Crippen LogP contribution < -0.4 is 21.3 Å². The molecule has 0 heterocycles. The number of amides is 5. The summed E-state index contributed by atoms with van der Waals surface area (Å²) in [5, 5.41) is 10.7. The molecule has 59 heavy (non-hydrogen) atoms. The third-order valence-electron chi connectivity index (χ3n) is 7.45. The molecule has 0 saturated heterocycles. The predicted molar refractivity (Wildman–Crippen MR) is 220 cm³/mol. The van der Waals surface area contributed by atoms with E-state index in [1.807, 2.05) is 30.3 Å². The second-order valence-electron chi connectivity index (χ2n) is 18.0. The van der Waals surface area contributed by atoms with E-state index in [0.717, 1.165) is 10.5 Å². The van der Waals surface area contributed by atoms with Crippen molar-refractivity contribution in [2.45, 2.75) is 163 Å². The monoisotopic (exact) mass is 835 g/mol. The summed E-state index contributed by atoms with van der Waals surface area (Å²) >= 11 is 0. The van der Waals surface area contributed by atoms with Crippen molar-refractivity contribution < 1.29 is 57.2 Å². The number of hydrogen-bond donors (Lipinski definition) is 4. The van der Waals surface area contributed by atoms with E-state index in [9.17, 15) is 33.6 Å². The summed E-state index contributed by atoms with van der Waals surface area (Å²) in [5.41, 5.74) is -2.54. The molecule has 0 aliphatic heterocycles. The van der Waals surface area contributed by atoms with Gasteiger partial charge in [-0.1, -0.05) is 30.3 Å². The van der Waals surface area contributed by atoms with Crippen LogP contribution >= 0.6 is 0 Å². The number of carbonyl (C=O) groups is 7. The van der Waals surface area contributed by atoms with Crippen LogP contribution in [0.1, 0.15) is 127 Å². The fraction of sp³-hybridized carbons (Fsp3) is 0.690. The van der Waals surface area contributed by atoms with E-state index in [1.54, 1.807) is 83.1 Å². The molecule has 0 fully saturated rings. The molecular weight excluding hydrogens is 766 g/mol. The lowest BCUT2D eigenvalue weighted by atomic mass is 10.1. The third kappa shape index (κ3) is 26.5. The Bertz CT molecular complexity index is 1500. The van der Waals surface area contributed by atoms with Crippen molar-refractivity contribution in [3.63, 3.8) is 0 Å². The summed E-state index contributed by atoms with van der Waals surface area (Å²) in [6.45, 7) is 20.5. The van der Waals surface area contributed by atoms with Crippen LogP contribution in [0.15, 0.2) is 30.3 Å². The summed E-state index contributed by atoms with van der Waals surface area (Å²) in [6, 6.07) is 7.22. The van der Waals surface area contributed by atoms with Gasteiger partial charge in [-0.3, -0.25) is 19.2 Å². The molecule has 1 rings (SSSR count). The van der Waals surface area contributed by atoms with Crippen LogP contribution in [0.25, 0.3) is 0 Å². The van der Waals surface area contributed by atoms with Crippen LogP contribution in [-0.2, 0) is 49.5 Å². The van der Waals surface area contributed by atoms with Gasteiger partial charge in [0.15, 0.2) is 0 Å². The topological polar surface area (TPSA) is 217 Å². The lowest BCUT2D eigenvalue weighted by molar-refractivity contribution is -0.159. The molecule has 0 radical (unpaired) electrons. The number of nitrogens with one attached hydrogen (secondary N) is 4. The first-order valence-electron chi connectivity index (χ1n) is 20.0. The van der Waals surface area contributed by atoms with E-state index >= 15 is 0 Å². The first kappa shape index (κ1) is 51.9. The molecule has 1 unspecified atom stereocenters. The van der Waals surface area contributed by atoms with Crippen LogP contribution in [-0.4, -0.2) is 108 Å². The lowest BCUT2D eigenvalue weighted by Gasteiger charge is -2.34. The van der Waals surface area contributed by atoms with Gasteiger partial charge in [0.1, 0.15) is 35.1 Å². The van der Waals surface area contributed by atoms with Crippen molar-refractivity contribution in [2.75, 3.05) is 26.2 Å². The van der Waals surface area contributed by atoms with E-state index in [1.165, 1.54) is 0 Å². The summed E-state index contributed by atoms with van der Waals surface area (Å²) in [7, 11) is 0. The number of rotatable bonds is 20. The summed E-state index contributed by atoms with van der Waals surface area (Å²) in [4.78, 5) is 91.4. The molecule has 0 bridgehead atoms. The number of hydrogen-bond acceptors (Lipinski definition) is 12. The minimum atomic E-state index is -1.06. The standard InChI is InChI=1S/C42H69N5O12/c1-39(2,3)56-33(49)26-30(27-34(50)57-40(4,5)6)47(38(54)59-42(10,11)12)25-21-32(48)43-23-24-44-35(51)31(46-37(53)58-41(7,8)9)20-16-17-22-45-36(52)55-28-29-18-14-13-15-19-29/h13-15,18-19,30-31H,16-17,20-28H2,1-12H3,(H,43,48)(H,44,51)(H,45,52)(H,46,53). The maximum Gasteiger partial charge on any atom is 0.410 e. The van der Waals surface area contributed by atoms with Crippen LogP contribution in [0.2, 0.25) is 0 Å². The molecule has 1 aromatic carbocycles. The van der Waals surface area contributed by atoms with E-state index in [0.29, 0.717) is 12.8 Å². The molecule has 17 nitrogen and oxygen atoms in total. The highest BCUT2D eigenvalue weighted by Gasteiger charge is 2.34. The van der Waals surface area contributed by atoms with E-state index in [2.05, 4.69) is 21.3 Å². The molecule has 0 aromatic heterocycles. The Morgan fingerprint density at radius 2 is 1.14 bits per heavy atom. The molecule has 1 atom stereocenters. The minimum absolute atomic E-state index is 0.00156. The fourth-order valence-corrected chi connectivity index (χ4v) is 5.17. The minimum Gasteiger partial charge on any atom is -0.460 e. The smallest absolute Gasteiger partial charge is 0.410 e. The van der Waals surface area contributed by atoms with Crippen LogP contribution in [0.3, 0.4) is 0 Å². The van der Waals surface area contributed by atoms with Gasteiger partial charge in [-0.05, 0) is 108 Å². The second-order valence-corrected chi connectivity index (χ2v) is 18.0. The number of esters is 2. The quantitative estimate of drug-likeness (QED) is 0.0710. The van der Waals surface area contributed by atoms with Crippen molar-refractivity contribution in [1.29, 1.82) is 0 Å². The zero-order chi connectivity index (χ0) is 45.0. The molecule has 17 heteroatoms. The van der Waals surface area contributed by atoms with Crippen LogP contribution in [0.5, 0.6) is 0 Å². The Morgan fingerprint density at radius 1 is 0.610 bits per heavy atom. The maximum atomic E-state index is 13.5. The molecule has 5 amide bonds. The number of benzene rings is 1. The van der Waals surface area contributed by atoms with Gasteiger partial charge in [-0.2, -0.15) is 0 Å². The van der Waals surface area contributed by atoms with Crippen LogP contribution in [0.4, 0.5) is 14.4 Å². The average Bonchev–Trinajstić information content (AvgIpc) is 3.05. The number of alkyl carbamates (subject to hydrolysis) is 2. The third-order valence-corrected chi connectivity index (χ3v) is 7.45. The Balaban J connectivity index is 2.87. The van der Waals surface area contributed by atoms with Crippen molar-refractivity contribution in [3.05, 3.63) is 35.9 Å². The van der Waals surface area contributed by atoms with Gasteiger partial charge in [0, 0.05) is 32.6 Å². The first-order chi connectivity index (χ1) is 27.1. The van der Waals surface area contributed by atoms with Gasteiger partial charge in [0.2, 0.25) is 11.8 Å². The van der Waals surface area contributed by atoms with Gasteiger partial charge in [-0.25, -0.2) is 14.4 Å².